The second-order valence-electron chi connectivity index (χ2n) is 5.17. The highest BCUT2D eigenvalue weighted by molar-refractivity contribution is 9.10. The Kier molecular flexibility index (Phi) is 4.98. The van der Waals surface area contributed by atoms with Crippen LogP contribution in [0.3, 0.4) is 0 Å². The number of amides is 1. The molecule has 1 N–H and O–H groups in total. The van der Waals surface area contributed by atoms with E-state index in [1.807, 2.05) is 0 Å². The normalized spacial score (nSPS) is 24.1. The third-order valence-electron chi connectivity index (χ3n) is 3.49. The molecule has 2 unspecified atom stereocenters. The Morgan fingerprint density at radius 3 is 2.65 bits per heavy atom. The largest absolute Gasteiger partial charge is 0.468 e. The van der Waals surface area contributed by atoms with Crippen molar-refractivity contribution in [2.24, 2.45) is 11.3 Å². The average molecular weight is 306 g/mol. The van der Waals surface area contributed by atoms with Gasteiger partial charge in [-0.05, 0) is 18.3 Å². The molecule has 4 nitrogen and oxygen atoms in total. The van der Waals surface area contributed by atoms with Gasteiger partial charge in [-0.3, -0.25) is 9.59 Å². The average Bonchev–Trinajstić information content (AvgIpc) is 2.64. The van der Waals surface area contributed by atoms with Gasteiger partial charge in [-0.1, -0.05) is 36.2 Å². The van der Waals surface area contributed by atoms with Crippen molar-refractivity contribution in [1.29, 1.82) is 0 Å². The van der Waals surface area contributed by atoms with Gasteiger partial charge >= 0.3 is 5.97 Å². The number of hydrogen-bond acceptors (Lipinski definition) is 3. The highest BCUT2D eigenvalue weighted by atomic mass is 79.9. The predicted octanol–water partition coefficient (Wildman–Crippen LogP) is 1.87. The molecule has 98 valence electrons. The summed E-state index contributed by atoms with van der Waals surface area (Å²) in [5.74, 6) is -0.267. The van der Waals surface area contributed by atoms with Crippen molar-refractivity contribution in [3.05, 3.63) is 0 Å². The number of rotatable bonds is 4. The van der Waals surface area contributed by atoms with Crippen LogP contribution in [0.15, 0.2) is 0 Å². The molecule has 2 atom stereocenters. The van der Waals surface area contributed by atoms with Crippen molar-refractivity contribution < 1.29 is 14.3 Å². The van der Waals surface area contributed by atoms with E-state index in [0.717, 1.165) is 19.3 Å². The molecule has 0 saturated heterocycles. The van der Waals surface area contributed by atoms with Crippen LogP contribution in [0.25, 0.3) is 0 Å². The minimum atomic E-state index is -0.471. The molecule has 0 aromatic heterocycles. The number of nitrogens with one attached hydrogen (secondary N) is 1. The molecule has 1 fully saturated rings. The molecule has 0 spiro atoms. The first kappa shape index (κ1) is 14.5. The van der Waals surface area contributed by atoms with Gasteiger partial charge in [-0.2, -0.15) is 0 Å². The van der Waals surface area contributed by atoms with Crippen molar-refractivity contribution in [1.82, 2.24) is 5.32 Å². The van der Waals surface area contributed by atoms with Crippen LogP contribution in [-0.2, 0) is 14.3 Å². The highest BCUT2D eigenvalue weighted by Gasteiger charge is 2.39. The lowest BCUT2D eigenvalue weighted by Crippen LogP contribution is -2.40. The molecule has 1 aliphatic carbocycles. The van der Waals surface area contributed by atoms with Crippen LogP contribution in [-0.4, -0.2) is 30.4 Å². The number of hydrogen-bond donors (Lipinski definition) is 1. The SMILES string of the molecule is COC(=O)C(Br)CNC(=O)C1CCCC1(C)C. The zero-order valence-electron chi connectivity index (χ0n) is 10.6. The van der Waals surface area contributed by atoms with E-state index in [4.69, 9.17) is 0 Å². The summed E-state index contributed by atoms with van der Waals surface area (Å²) in [7, 11) is 1.33. The van der Waals surface area contributed by atoms with E-state index >= 15 is 0 Å². The van der Waals surface area contributed by atoms with Crippen molar-refractivity contribution in [2.75, 3.05) is 13.7 Å². The molecule has 0 aromatic carbocycles. The molecule has 0 bridgehead atoms. The lowest BCUT2D eigenvalue weighted by molar-refractivity contribution is -0.139. The summed E-state index contributed by atoms with van der Waals surface area (Å²) in [5, 5.41) is 2.81. The van der Waals surface area contributed by atoms with Gasteiger partial charge in [0.05, 0.1) is 7.11 Å². The van der Waals surface area contributed by atoms with Crippen LogP contribution >= 0.6 is 15.9 Å². The summed E-state index contributed by atoms with van der Waals surface area (Å²) >= 11 is 3.18. The fourth-order valence-corrected chi connectivity index (χ4v) is 2.69. The maximum Gasteiger partial charge on any atom is 0.321 e. The Hall–Kier alpha value is -0.580. The Bertz CT molecular complexity index is 304. The van der Waals surface area contributed by atoms with Gasteiger partial charge < -0.3 is 10.1 Å². The standard InChI is InChI=1S/C12H20BrNO3/c1-12(2)6-4-5-8(12)10(15)14-7-9(13)11(16)17-3/h8-9H,4-7H2,1-3H3,(H,14,15). The lowest BCUT2D eigenvalue weighted by Gasteiger charge is -2.26. The van der Waals surface area contributed by atoms with Gasteiger partial charge in [-0.25, -0.2) is 0 Å². The van der Waals surface area contributed by atoms with Crippen molar-refractivity contribution in [3.8, 4) is 0 Å². The highest BCUT2D eigenvalue weighted by Crippen LogP contribution is 2.42. The van der Waals surface area contributed by atoms with E-state index in [0.29, 0.717) is 0 Å². The number of halogens is 1. The summed E-state index contributed by atoms with van der Waals surface area (Å²) in [5.41, 5.74) is 0.0666. The number of ether oxygens (including phenoxy) is 1. The van der Waals surface area contributed by atoms with Crippen LogP contribution < -0.4 is 5.32 Å². The van der Waals surface area contributed by atoms with E-state index in [-0.39, 0.29) is 29.8 Å². The molecule has 5 heteroatoms. The zero-order valence-corrected chi connectivity index (χ0v) is 12.2. The maximum atomic E-state index is 12.0. The second-order valence-corrected chi connectivity index (χ2v) is 6.27. The summed E-state index contributed by atoms with van der Waals surface area (Å²) in [4.78, 5) is 22.7. The van der Waals surface area contributed by atoms with E-state index in [2.05, 4.69) is 39.8 Å². The maximum absolute atomic E-state index is 12.0. The molecule has 0 aromatic rings. The number of carbonyl (C=O) groups excluding carboxylic acids is 2. The summed E-state index contributed by atoms with van der Waals surface area (Å²) < 4.78 is 4.57. The zero-order chi connectivity index (χ0) is 13.1. The van der Waals surface area contributed by atoms with Crippen molar-refractivity contribution in [3.63, 3.8) is 0 Å². The van der Waals surface area contributed by atoms with E-state index < -0.39 is 4.83 Å². The fourth-order valence-electron chi connectivity index (χ4n) is 2.34. The van der Waals surface area contributed by atoms with Crippen molar-refractivity contribution in [2.45, 2.75) is 37.9 Å². The van der Waals surface area contributed by atoms with Crippen LogP contribution in [0, 0.1) is 11.3 Å². The Balaban J connectivity index is 2.42. The fraction of sp³-hybridized carbons (Fsp3) is 0.833. The summed E-state index contributed by atoms with van der Waals surface area (Å²) in [6.45, 7) is 4.52. The summed E-state index contributed by atoms with van der Waals surface area (Å²) in [6, 6.07) is 0. The second kappa shape index (κ2) is 5.85. The molecular weight excluding hydrogens is 286 g/mol. The van der Waals surface area contributed by atoms with Crippen LogP contribution in [0.2, 0.25) is 0 Å². The number of esters is 1. The quantitative estimate of drug-likeness (QED) is 0.637. The number of alkyl halides is 1. The molecule has 0 aliphatic heterocycles. The minimum absolute atomic E-state index is 0.0425. The molecule has 0 radical (unpaired) electrons. The molecular formula is C12H20BrNO3. The molecule has 1 amide bonds. The van der Waals surface area contributed by atoms with Gasteiger partial charge in [0.1, 0.15) is 4.83 Å². The van der Waals surface area contributed by atoms with Gasteiger partial charge in [-0.15, -0.1) is 0 Å². The Morgan fingerprint density at radius 2 is 2.18 bits per heavy atom. The van der Waals surface area contributed by atoms with E-state index in [9.17, 15) is 9.59 Å². The van der Waals surface area contributed by atoms with Crippen LogP contribution in [0.5, 0.6) is 0 Å². The number of methoxy groups -OCH3 is 1. The molecule has 17 heavy (non-hydrogen) atoms. The van der Waals surface area contributed by atoms with Gasteiger partial charge in [0.25, 0.3) is 0 Å². The lowest BCUT2D eigenvalue weighted by atomic mass is 9.81. The van der Waals surface area contributed by atoms with E-state index in [1.165, 1.54) is 7.11 Å². The molecule has 1 aliphatic rings. The Labute approximate surface area is 111 Å². The Morgan fingerprint density at radius 1 is 1.53 bits per heavy atom. The monoisotopic (exact) mass is 305 g/mol. The third kappa shape index (κ3) is 3.69. The van der Waals surface area contributed by atoms with Crippen molar-refractivity contribution >= 4 is 27.8 Å². The van der Waals surface area contributed by atoms with Crippen LogP contribution in [0.4, 0.5) is 0 Å². The smallest absolute Gasteiger partial charge is 0.321 e. The molecule has 1 rings (SSSR count). The van der Waals surface area contributed by atoms with Gasteiger partial charge in [0.2, 0.25) is 5.91 Å². The van der Waals surface area contributed by atoms with Gasteiger partial charge in [0.15, 0.2) is 0 Å². The topological polar surface area (TPSA) is 55.4 Å². The number of carbonyl (C=O) groups is 2. The minimum Gasteiger partial charge on any atom is -0.468 e. The van der Waals surface area contributed by atoms with E-state index in [1.54, 1.807) is 0 Å². The van der Waals surface area contributed by atoms with Crippen LogP contribution in [0.1, 0.15) is 33.1 Å². The predicted molar refractivity (Wildman–Crippen MR) is 68.9 cm³/mol. The molecule has 0 heterocycles. The van der Waals surface area contributed by atoms with Gasteiger partial charge in [0, 0.05) is 12.5 Å². The first-order valence-corrected chi connectivity index (χ1v) is 6.79. The first-order valence-electron chi connectivity index (χ1n) is 5.88. The summed E-state index contributed by atoms with van der Waals surface area (Å²) in [6.07, 6.45) is 3.11. The third-order valence-corrected chi connectivity index (χ3v) is 4.18. The first-order chi connectivity index (χ1) is 7.88. The molecule has 1 saturated carbocycles.